The molecule has 2 heterocycles. The van der Waals surface area contributed by atoms with Gasteiger partial charge in [-0.1, -0.05) is 0 Å². The highest BCUT2D eigenvalue weighted by Crippen LogP contribution is 2.40. The summed E-state index contributed by atoms with van der Waals surface area (Å²) in [5.41, 5.74) is 5.53. The zero-order valence-electron chi connectivity index (χ0n) is 11.3. The van der Waals surface area contributed by atoms with Gasteiger partial charge >= 0.3 is 0 Å². The number of fused-ring (bicyclic) bond motifs is 1. The van der Waals surface area contributed by atoms with E-state index in [4.69, 9.17) is 4.74 Å². The Morgan fingerprint density at radius 2 is 2.35 bits per heavy atom. The van der Waals surface area contributed by atoms with Crippen LogP contribution in [0.3, 0.4) is 0 Å². The SMILES string of the molecule is CCOc1cc(C2NN=C3CCNCC32)cc(Br)c1O. The molecule has 0 aromatic heterocycles. The van der Waals surface area contributed by atoms with Crippen LogP contribution in [0.5, 0.6) is 11.5 Å². The first-order valence-corrected chi connectivity index (χ1v) is 7.68. The summed E-state index contributed by atoms with van der Waals surface area (Å²) >= 11 is 3.39. The summed E-state index contributed by atoms with van der Waals surface area (Å²) in [6.07, 6.45) is 0.992. The predicted molar refractivity (Wildman–Crippen MR) is 81.3 cm³/mol. The number of hydrogen-bond donors (Lipinski definition) is 3. The molecule has 108 valence electrons. The number of aromatic hydroxyl groups is 1. The van der Waals surface area contributed by atoms with E-state index in [-0.39, 0.29) is 11.8 Å². The van der Waals surface area contributed by atoms with Crippen LogP contribution in [0, 0.1) is 5.92 Å². The van der Waals surface area contributed by atoms with Gasteiger partial charge in [0.05, 0.1) is 17.1 Å². The smallest absolute Gasteiger partial charge is 0.172 e. The van der Waals surface area contributed by atoms with Crippen molar-refractivity contribution in [3.8, 4) is 11.5 Å². The van der Waals surface area contributed by atoms with Gasteiger partial charge in [0, 0.05) is 31.1 Å². The molecule has 0 bridgehead atoms. The van der Waals surface area contributed by atoms with Crippen molar-refractivity contribution in [3.05, 3.63) is 22.2 Å². The summed E-state index contributed by atoms with van der Waals surface area (Å²) in [5.74, 6) is 1.03. The van der Waals surface area contributed by atoms with Crippen molar-refractivity contribution in [2.75, 3.05) is 19.7 Å². The summed E-state index contributed by atoms with van der Waals surface area (Å²) in [5, 5.41) is 17.9. The molecule has 0 aliphatic carbocycles. The van der Waals surface area contributed by atoms with Crippen molar-refractivity contribution in [2.45, 2.75) is 19.4 Å². The number of phenolic OH excluding ortho intramolecular Hbond substituents is 1. The Kier molecular flexibility index (Phi) is 3.85. The third-order valence-corrected chi connectivity index (χ3v) is 4.41. The summed E-state index contributed by atoms with van der Waals surface area (Å²) in [6.45, 7) is 4.35. The van der Waals surface area contributed by atoms with Crippen LogP contribution in [0.25, 0.3) is 0 Å². The lowest BCUT2D eigenvalue weighted by Crippen LogP contribution is -2.38. The monoisotopic (exact) mass is 339 g/mol. The molecule has 1 saturated heterocycles. The normalized spacial score (nSPS) is 24.8. The highest BCUT2D eigenvalue weighted by Gasteiger charge is 2.34. The number of halogens is 1. The van der Waals surface area contributed by atoms with E-state index in [1.54, 1.807) is 0 Å². The van der Waals surface area contributed by atoms with Gasteiger partial charge in [-0.25, -0.2) is 0 Å². The molecular formula is C14H18BrN3O2. The van der Waals surface area contributed by atoms with Gasteiger partial charge in [-0.2, -0.15) is 5.10 Å². The maximum Gasteiger partial charge on any atom is 0.172 e. The largest absolute Gasteiger partial charge is 0.503 e. The first-order chi connectivity index (χ1) is 9.70. The summed E-state index contributed by atoms with van der Waals surface area (Å²) in [7, 11) is 0. The minimum Gasteiger partial charge on any atom is -0.503 e. The topological polar surface area (TPSA) is 65.9 Å². The molecule has 20 heavy (non-hydrogen) atoms. The Labute approximate surface area is 126 Å². The molecule has 1 fully saturated rings. The van der Waals surface area contributed by atoms with E-state index in [0.29, 0.717) is 22.7 Å². The van der Waals surface area contributed by atoms with Crippen LogP contribution in [-0.4, -0.2) is 30.5 Å². The van der Waals surface area contributed by atoms with E-state index in [0.717, 1.165) is 25.1 Å². The minimum atomic E-state index is 0.133. The van der Waals surface area contributed by atoms with Gasteiger partial charge in [0.1, 0.15) is 0 Å². The molecular weight excluding hydrogens is 322 g/mol. The second kappa shape index (κ2) is 5.61. The number of hydrazone groups is 1. The summed E-state index contributed by atoms with van der Waals surface area (Å²) < 4.78 is 6.14. The Hall–Kier alpha value is -1.27. The standard InChI is InChI=1S/C14H18BrN3O2/c1-2-20-12-6-8(5-10(15)14(12)19)13-9-7-16-4-3-11(9)17-18-13/h5-6,9,13,16,18-19H,2-4,7H2,1H3. The quantitative estimate of drug-likeness (QED) is 0.789. The first kappa shape index (κ1) is 13.7. The number of ether oxygens (including phenoxy) is 1. The maximum absolute atomic E-state index is 10.00. The zero-order valence-corrected chi connectivity index (χ0v) is 12.9. The molecule has 2 atom stereocenters. The van der Waals surface area contributed by atoms with Gasteiger partial charge in [0.15, 0.2) is 11.5 Å². The zero-order chi connectivity index (χ0) is 14.1. The third-order valence-electron chi connectivity index (χ3n) is 3.81. The van der Waals surface area contributed by atoms with Crippen molar-refractivity contribution in [3.63, 3.8) is 0 Å². The lowest BCUT2D eigenvalue weighted by molar-refractivity contribution is 0.316. The van der Waals surface area contributed by atoms with Crippen LogP contribution in [0.4, 0.5) is 0 Å². The number of hydrogen-bond acceptors (Lipinski definition) is 5. The van der Waals surface area contributed by atoms with Gasteiger partial charge < -0.3 is 20.6 Å². The average Bonchev–Trinajstić information content (AvgIpc) is 2.88. The van der Waals surface area contributed by atoms with E-state index >= 15 is 0 Å². The van der Waals surface area contributed by atoms with Crippen LogP contribution in [0.15, 0.2) is 21.7 Å². The number of benzene rings is 1. The maximum atomic E-state index is 10.00. The van der Waals surface area contributed by atoms with E-state index in [1.165, 1.54) is 5.71 Å². The Bertz CT molecular complexity index is 547. The van der Waals surface area contributed by atoms with Gasteiger partial charge in [-0.05, 0) is 40.5 Å². The lowest BCUT2D eigenvalue weighted by atomic mass is 9.87. The first-order valence-electron chi connectivity index (χ1n) is 6.88. The average molecular weight is 340 g/mol. The Balaban J connectivity index is 1.91. The molecule has 6 heteroatoms. The molecule has 1 aromatic carbocycles. The van der Waals surface area contributed by atoms with E-state index in [2.05, 4.69) is 31.8 Å². The minimum absolute atomic E-state index is 0.133. The molecule has 5 nitrogen and oxygen atoms in total. The highest BCUT2D eigenvalue weighted by molar-refractivity contribution is 9.10. The molecule has 0 spiro atoms. The van der Waals surface area contributed by atoms with E-state index in [1.807, 2.05) is 19.1 Å². The molecule has 1 aromatic rings. The molecule has 2 unspecified atom stereocenters. The predicted octanol–water partition coefficient (Wildman–Crippen LogP) is 2.16. The number of nitrogens with zero attached hydrogens (tertiary/aromatic N) is 1. The molecule has 0 saturated carbocycles. The number of nitrogens with one attached hydrogen (secondary N) is 2. The van der Waals surface area contributed by atoms with Crippen LogP contribution < -0.4 is 15.5 Å². The molecule has 2 aliphatic heterocycles. The van der Waals surface area contributed by atoms with Crippen LogP contribution in [0.1, 0.15) is 24.9 Å². The van der Waals surface area contributed by atoms with Crippen molar-refractivity contribution < 1.29 is 9.84 Å². The molecule has 0 amide bonds. The number of piperidine rings is 1. The van der Waals surface area contributed by atoms with Gasteiger partial charge in [0.2, 0.25) is 0 Å². The lowest BCUT2D eigenvalue weighted by Gasteiger charge is -2.25. The second-order valence-corrected chi connectivity index (χ2v) is 5.91. The van der Waals surface area contributed by atoms with Crippen molar-refractivity contribution >= 4 is 21.6 Å². The second-order valence-electron chi connectivity index (χ2n) is 5.05. The van der Waals surface area contributed by atoms with E-state index in [9.17, 15) is 5.11 Å². The fourth-order valence-corrected chi connectivity index (χ4v) is 3.27. The van der Waals surface area contributed by atoms with Crippen molar-refractivity contribution in [1.82, 2.24) is 10.7 Å². The fraction of sp³-hybridized carbons (Fsp3) is 0.500. The number of phenols is 1. The highest BCUT2D eigenvalue weighted by atomic mass is 79.9. The molecule has 2 aliphatic rings. The Morgan fingerprint density at radius 1 is 1.50 bits per heavy atom. The van der Waals surface area contributed by atoms with Crippen LogP contribution >= 0.6 is 15.9 Å². The third kappa shape index (κ3) is 2.38. The van der Waals surface area contributed by atoms with Crippen molar-refractivity contribution in [2.24, 2.45) is 11.0 Å². The van der Waals surface area contributed by atoms with Crippen LogP contribution in [-0.2, 0) is 0 Å². The van der Waals surface area contributed by atoms with Gasteiger partial charge in [0.25, 0.3) is 0 Å². The molecule has 3 N–H and O–H groups in total. The Morgan fingerprint density at radius 3 is 3.15 bits per heavy atom. The number of rotatable bonds is 3. The van der Waals surface area contributed by atoms with Crippen LogP contribution in [0.2, 0.25) is 0 Å². The summed E-state index contributed by atoms with van der Waals surface area (Å²) in [6, 6.07) is 3.96. The van der Waals surface area contributed by atoms with Crippen molar-refractivity contribution in [1.29, 1.82) is 0 Å². The van der Waals surface area contributed by atoms with Gasteiger partial charge in [-0.3, -0.25) is 0 Å². The fourth-order valence-electron chi connectivity index (χ4n) is 2.81. The molecule has 0 radical (unpaired) electrons. The van der Waals surface area contributed by atoms with Gasteiger partial charge in [-0.15, -0.1) is 0 Å². The van der Waals surface area contributed by atoms with E-state index < -0.39 is 0 Å². The summed E-state index contributed by atoms with van der Waals surface area (Å²) in [4.78, 5) is 0. The molecule has 3 rings (SSSR count).